The number of methoxy groups -OCH3 is 1. The second-order valence-electron chi connectivity index (χ2n) is 10.9. The van der Waals surface area contributed by atoms with Gasteiger partial charge >= 0.3 is 0 Å². The Morgan fingerprint density at radius 3 is 2.53 bits per heavy atom. The Kier molecular flexibility index (Phi) is 4.67. The van der Waals surface area contributed by atoms with E-state index in [2.05, 4.69) is 19.1 Å². The first kappa shape index (κ1) is 20.9. The molecule has 5 aliphatic rings. The van der Waals surface area contributed by atoms with Crippen LogP contribution in [0.4, 0.5) is 0 Å². The summed E-state index contributed by atoms with van der Waals surface area (Å²) in [6.07, 6.45) is 6.34. The van der Waals surface area contributed by atoms with Gasteiger partial charge in [0.05, 0.1) is 25.9 Å². The molecule has 5 heteroatoms. The zero-order valence-corrected chi connectivity index (χ0v) is 19.2. The molecule has 1 aromatic rings. The van der Waals surface area contributed by atoms with Crippen LogP contribution in [0.25, 0.3) is 0 Å². The second kappa shape index (κ2) is 7.15. The number of hydrogen-bond donors (Lipinski definition) is 1. The number of aliphatic hydroxyl groups is 1. The minimum Gasteiger partial charge on any atom is -0.497 e. The Balaban J connectivity index is 1.47. The summed E-state index contributed by atoms with van der Waals surface area (Å²) in [5, 5.41) is 12.0. The topological polar surface area (TPSA) is 65.0 Å². The number of benzene rings is 1. The van der Waals surface area contributed by atoms with Crippen molar-refractivity contribution in [3.8, 4) is 5.75 Å². The summed E-state index contributed by atoms with van der Waals surface area (Å²) < 4.78 is 17.4. The van der Waals surface area contributed by atoms with Crippen LogP contribution in [0.5, 0.6) is 5.75 Å². The van der Waals surface area contributed by atoms with Crippen LogP contribution < -0.4 is 4.74 Å². The van der Waals surface area contributed by atoms with Gasteiger partial charge in [-0.25, -0.2) is 0 Å². The molecule has 0 amide bonds. The van der Waals surface area contributed by atoms with Gasteiger partial charge in [-0.1, -0.05) is 24.6 Å². The quantitative estimate of drug-likeness (QED) is 0.687. The first-order valence-electron chi connectivity index (χ1n) is 12.3. The normalized spacial score (nSPS) is 40.2. The van der Waals surface area contributed by atoms with E-state index in [1.165, 1.54) is 16.7 Å². The number of rotatable bonds is 2. The van der Waals surface area contributed by atoms with E-state index < -0.39 is 11.4 Å². The molecule has 4 unspecified atom stereocenters. The van der Waals surface area contributed by atoms with Crippen LogP contribution in [-0.2, 0) is 14.3 Å². The van der Waals surface area contributed by atoms with Gasteiger partial charge in [0.2, 0.25) is 0 Å². The first-order valence-corrected chi connectivity index (χ1v) is 12.3. The van der Waals surface area contributed by atoms with E-state index in [0.717, 1.165) is 44.3 Å². The van der Waals surface area contributed by atoms with E-state index >= 15 is 0 Å². The molecule has 32 heavy (non-hydrogen) atoms. The molecule has 0 bridgehead atoms. The van der Waals surface area contributed by atoms with Crippen LogP contribution in [0.15, 0.2) is 35.4 Å². The highest BCUT2D eigenvalue weighted by atomic mass is 16.7. The predicted molar refractivity (Wildman–Crippen MR) is 119 cm³/mol. The van der Waals surface area contributed by atoms with Gasteiger partial charge < -0.3 is 19.3 Å². The Labute approximate surface area is 190 Å². The fourth-order valence-electron chi connectivity index (χ4n) is 7.92. The average Bonchev–Trinajstić information content (AvgIpc) is 3.36. The lowest BCUT2D eigenvalue weighted by atomic mass is 9.51. The van der Waals surface area contributed by atoms with Gasteiger partial charge in [0.1, 0.15) is 11.5 Å². The van der Waals surface area contributed by atoms with Crippen LogP contribution in [0, 0.1) is 17.3 Å². The Morgan fingerprint density at radius 1 is 1.06 bits per heavy atom. The van der Waals surface area contributed by atoms with Gasteiger partial charge in [-0.15, -0.1) is 0 Å². The predicted octanol–water partition coefficient (Wildman–Crippen LogP) is 4.53. The summed E-state index contributed by atoms with van der Waals surface area (Å²) in [5.74, 6) is 1.59. The fourth-order valence-corrected chi connectivity index (χ4v) is 7.92. The van der Waals surface area contributed by atoms with E-state index in [1.54, 1.807) is 7.11 Å². The Bertz CT molecular complexity index is 959. The molecule has 0 radical (unpaired) electrons. The molecule has 5 atom stereocenters. The number of Topliss-reactive ketones (excluding diaryl/α,β-unsaturated/α-hetero) is 1. The molecule has 1 saturated heterocycles. The van der Waals surface area contributed by atoms with Gasteiger partial charge in [0, 0.05) is 30.6 Å². The monoisotopic (exact) mass is 438 g/mol. The lowest BCUT2D eigenvalue weighted by Crippen LogP contribution is -2.53. The zero-order valence-electron chi connectivity index (χ0n) is 19.2. The van der Waals surface area contributed by atoms with Crippen molar-refractivity contribution >= 4 is 5.78 Å². The fraction of sp³-hybridized carbons (Fsp3) is 0.667. The van der Waals surface area contributed by atoms with Crippen molar-refractivity contribution in [2.45, 2.75) is 75.6 Å². The number of carbonyl (C=O) groups excluding carboxylic acids is 1. The smallest absolute Gasteiger partial charge is 0.171 e. The molecule has 4 aliphatic carbocycles. The van der Waals surface area contributed by atoms with E-state index in [0.29, 0.717) is 43.7 Å². The van der Waals surface area contributed by atoms with E-state index in [-0.39, 0.29) is 11.3 Å². The highest BCUT2D eigenvalue weighted by Crippen LogP contribution is 2.64. The van der Waals surface area contributed by atoms with Crippen molar-refractivity contribution in [3.63, 3.8) is 0 Å². The first-order chi connectivity index (χ1) is 15.4. The lowest BCUT2D eigenvalue weighted by molar-refractivity contribution is -0.208. The molecule has 4 fully saturated rings. The minimum atomic E-state index is -0.866. The number of ketones is 1. The summed E-state index contributed by atoms with van der Waals surface area (Å²) in [7, 11) is 1.69. The maximum absolute atomic E-state index is 13.1. The van der Waals surface area contributed by atoms with Gasteiger partial charge in [-0.2, -0.15) is 0 Å². The number of allylic oxidation sites excluding steroid dienone is 1. The van der Waals surface area contributed by atoms with Crippen LogP contribution in [0.1, 0.15) is 69.8 Å². The van der Waals surface area contributed by atoms with Crippen molar-refractivity contribution in [1.29, 1.82) is 0 Å². The maximum Gasteiger partial charge on any atom is 0.171 e. The largest absolute Gasteiger partial charge is 0.497 e. The summed E-state index contributed by atoms with van der Waals surface area (Å²) in [6, 6.07) is 8.34. The SMILES string of the molecule is COc1ccc(C2CC3(C)C(=O)CCC3C3CC[C@@]4(O)CC5(CCC4=C23)OCCO5)cc1. The van der Waals surface area contributed by atoms with Gasteiger partial charge in [-0.3, -0.25) is 4.79 Å². The van der Waals surface area contributed by atoms with Gasteiger partial charge in [0.15, 0.2) is 5.79 Å². The van der Waals surface area contributed by atoms with Crippen LogP contribution in [0.2, 0.25) is 0 Å². The molecule has 1 heterocycles. The summed E-state index contributed by atoms with van der Waals surface area (Å²) >= 11 is 0. The molecule has 5 nitrogen and oxygen atoms in total. The lowest BCUT2D eigenvalue weighted by Gasteiger charge is -2.55. The number of fused-ring (bicyclic) bond motifs is 4. The standard InChI is InChI=1S/C27H34O5/c1-25-15-20(17-3-5-18(30-2)6-4-17)24-19(21(25)7-8-23(25)28)9-11-26(29)16-27(12-10-22(24)26)31-13-14-32-27/h3-6,19-21,29H,7-16H2,1-2H3/t19?,20?,21?,25?,26-/m1/s1. The third-order valence-electron chi connectivity index (χ3n) is 9.46. The molecular formula is C27H34O5. The van der Waals surface area contributed by atoms with Crippen LogP contribution in [-0.4, -0.2) is 42.6 Å². The zero-order chi connectivity index (χ0) is 22.1. The highest BCUT2D eigenvalue weighted by molar-refractivity contribution is 5.87. The molecule has 1 aromatic carbocycles. The summed E-state index contributed by atoms with van der Waals surface area (Å²) in [4.78, 5) is 13.1. The van der Waals surface area contributed by atoms with Crippen molar-refractivity contribution in [3.05, 3.63) is 41.0 Å². The maximum atomic E-state index is 13.1. The molecule has 1 spiro atoms. The third kappa shape index (κ3) is 2.90. The summed E-state index contributed by atoms with van der Waals surface area (Å²) in [5.41, 5.74) is 2.75. The van der Waals surface area contributed by atoms with Crippen LogP contribution >= 0.6 is 0 Å². The molecule has 1 aliphatic heterocycles. The number of ether oxygens (including phenoxy) is 3. The Hall–Kier alpha value is -1.69. The molecule has 172 valence electrons. The molecular weight excluding hydrogens is 404 g/mol. The van der Waals surface area contributed by atoms with E-state index in [1.807, 2.05) is 12.1 Å². The Morgan fingerprint density at radius 2 is 1.81 bits per heavy atom. The van der Waals surface area contributed by atoms with E-state index in [4.69, 9.17) is 14.2 Å². The van der Waals surface area contributed by atoms with Crippen LogP contribution in [0.3, 0.4) is 0 Å². The van der Waals surface area contributed by atoms with Crippen molar-refractivity contribution in [2.24, 2.45) is 17.3 Å². The molecule has 6 rings (SSSR count). The molecule has 0 aromatic heterocycles. The van der Waals surface area contributed by atoms with Gasteiger partial charge in [0.25, 0.3) is 0 Å². The third-order valence-corrected chi connectivity index (χ3v) is 9.46. The van der Waals surface area contributed by atoms with Crippen molar-refractivity contribution in [1.82, 2.24) is 0 Å². The van der Waals surface area contributed by atoms with E-state index in [9.17, 15) is 9.90 Å². The minimum absolute atomic E-state index is 0.162. The molecule has 1 N–H and O–H groups in total. The highest BCUT2D eigenvalue weighted by Gasteiger charge is 2.60. The number of hydrogen-bond acceptors (Lipinski definition) is 5. The number of carbonyl (C=O) groups is 1. The summed E-state index contributed by atoms with van der Waals surface area (Å²) in [6.45, 7) is 3.44. The average molecular weight is 439 g/mol. The van der Waals surface area contributed by atoms with Crippen molar-refractivity contribution < 1.29 is 24.1 Å². The van der Waals surface area contributed by atoms with Crippen molar-refractivity contribution in [2.75, 3.05) is 20.3 Å². The van der Waals surface area contributed by atoms with Gasteiger partial charge in [-0.05, 0) is 67.2 Å². The molecule has 3 saturated carbocycles. The second-order valence-corrected chi connectivity index (χ2v) is 10.9.